The lowest BCUT2D eigenvalue weighted by molar-refractivity contribution is 0.0992. The second kappa shape index (κ2) is 7.60. The van der Waals surface area contributed by atoms with Crippen molar-refractivity contribution in [3.63, 3.8) is 0 Å². The van der Waals surface area contributed by atoms with Crippen LogP contribution in [0.25, 0.3) is 10.2 Å². The van der Waals surface area contributed by atoms with Crippen molar-refractivity contribution in [2.24, 2.45) is 7.05 Å². The van der Waals surface area contributed by atoms with Gasteiger partial charge in [-0.25, -0.2) is 9.67 Å². The molecular formula is C22H20N4O2S. The summed E-state index contributed by atoms with van der Waals surface area (Å²) in [6, 6.07) is 18.4. The highest BCUT2D eigenvalue weighted by Crippen LogP contribution is 2.34. The van der Waals surface area contributed by atoms with Gasteiger partial charge in [0.2, 0.25) is 0 Å². The summed E-state index contributed by atoms with van der Waals surface area (Å²) >= 11 is 1.44. The number of thiazole rings is 1. The number of anilines is 2. The summed E-state index contributed by atoms with van der Waals surface area (Å²) in [5, 5.41) is 4.69. The fourth-order valence-electron chi connectivity index (χ4n) is 3.01. The Morgan fingerprint density at radius 3 is 2.41 bits per heavy atom. The van der Waals surface area contributed by atoms with Crippen LogP contribution < -0.4 is 10.5 Å². The number of carbonyl (C=O) groups excluding carboxylic acids is 1. The van der Waals surface area contributed by atoms with Gasteiger partial charge in [0.1, 0.15) is 5.69 Å². The topological polar surface area (TPSA) is 68.1 Å². The lowest BCUT2D eigenvalue weighted by Crippen LogP contribution is -2.30. The first-order valence-corrected chi connectivity index (χ1v) is 10.1. The van der Waals surface area contributed by atoms with Crippen molar-refractivity contribution in [1.82, 2.24) is 14.8 Å². The van der Waals surface area contributed by atoms with Gasteiger partial charge in [-0.1, -0.05) is 49.4 Å². The van der Waals surface area contributed by atoms with Gasteiger partial charge in [0.15, 0.2) is 5.13 Å². The lowest BCUT2D eigenvalue weighted by atomic mass is 10.0. The zero-order valence-corrected chi connectivity index (χ0v) is 17.2. The average Bonchev–Trinajstić information content (AvgIpc) is 3.14. The van der Waals surface area contributed by atoms with Gasteiger partial charge in [0, 0.05) is 13.1 Å². The first-order chi connectivity index (χ1) is 13.9. The highest BCUT2D eigenvalue weighted by atomic mass is 32.1. The quantitative estimate of drug-likeness (QED) is 0.502. The maximum Gasteiger partial charge on any atom is 0.285 e. The third-order valence-electron chi connectivity index (χ3n) is 4.67. The molecule has 0 aliphatic heterocycles. The number of carbonyl (C=O) groups is 1. The van der Waals surface area contributed by atoms with Gasteiger partial charge in [-0.3, -0.25) is 14.5 Å². The molecule has 2 aromatic heterocycles. The van der Waals surface area contributed by atoms with Gasteiger partial charge in [-0.05, 0) is 41.8 Å². The predicted molar refractivity (Wildman–Crippen MR) is 116 cm³/mol. The van der Waals surface area contributed by atoms with Gasteiger partial charge in [-0.2, -0.15) is 5.10 Å². The molecule has 0 saturated carbocycles. The molecular weight excluding hydrogens is 384 g/mol. The van der Waals surface area contributed by atoms with E-state index in [1.54, 1.807) is 4.90 Å². The minimum atomic E-state index is -0.336. The number of hydrogen-bond donors (Lipinski definition) is 0. The molecule has 0 N–H and O–H groups in total. The Bertz CT molecular complexity index is 1210. The monoisotopic (exact) mass is 404 g/mol. The van der Waals surface area contributed by atoms with E-state index in [0.29, 0.717) is 16.7 Å². The summed E-state index contributed by atoms with van der Waals surface area (Å²) in [5.41, 5.74) is 2.63. The van der Waals surface area contributed by atoms with E-state index in [0.717, 1.165) is 14.9 Å². The van der Waals surface area contributed by atoms with Gasteiger partial charge < -0.3 is 0 Å². The number of benzene rings is 2. The van der Waals surface area contributed by atoms with Gasteiger partial charge in [0.05, 0.1) is 15.9 Å². The van der Waals surface area contributed by atoms with E-state index in [1.165, 1.54) is 36.1 Å². The molecule has 4 rings (SSSR count). The highest BCUT2D eigenvalue weighted by molar-refractivity contribution is 7.22. The Labute approximate surface area is 172 Å². The number of para-hydroxylation sites is 1. The van der Waals surface area contributed by atoms with Crippen LogP contribution in [0.3, 0.4) is 0 Å². The molecule has 6 nitrogen and oxygen atoms in total. The molecule has 0 spiro atoms. The lowest BCUT2D eigenvalue weighted by Gasteiger charge is -2.20. The van der Waals surface area contributed by atoms with Crippen LogP contribution in [0.2, 0.25) is 0 Å². The number of aromatic nitrogens is 3. The van der Waals surface area contributed by atoms with Gasteiger partial charge in [-0.15, -0.1) is 0 Å². The molecule has 2 aromatic carbocycles. The third-order valence-corrected chi connectivity index (χ3v) is 5.70. The van der Waals surface area contributed by atoms with Gasteiger partial charge in [0.25, 0.3) is 11.5 Å². The minimum absolute atomic E-state index is 0.180. The zero-order chi connectivity index (χ0) is 20.5. The molecule has 2 heterocycles. The van der Waals surface area contributed by atoms with E-state index in [4.69, 9.17) is 0 Å². The molecule has 0 aliphatic carbocycles. The van der Waals surface area contributed by atoms with Crippen molar-refractivity contribution in [1.29, 1.82) is 0 Å². The van der Waals surface area contributed by atoms with E-state index < -0.39 is 0 Å². The smallest absolute Gasteiger partial charge is 0.268 e. The zero-order valence-electron chi connectivity index (χ0n) is 16.4. The molecule has 7 heteroatoms. The van der Waals surface area contributed by atoms with Crippen LogP contribution in [0.4, 0.5) is 10.8 Å². The molecule has 1 amide bonds. The summed E-state index contributed by atoms with van der Waals surface area (Å²) in [7, 11) is 1.53. The maximum absolute atomic E-state index is 13.4. The van der Waals surface area contributed by atoms with E-state index >= 15 is 0 Å². The molecule has 29 heavy (non-hydrogen) atoms. The van der Waals surface area contributed by atoms with Crippen LogP contribution in [0, 0.1) is 0 Å². The summed E-state index contributed by atoms with van der Waals surface area (Å²) in [5.74, 6) is 0.0536. The molecule has 0 unspecified atom stereocenters. The van der Waals surface area contributed by atoms with Crippen molar-refractivity contribution >= 4 is 38.3 Å². The summed E-state index contributed by atoms with van der Waals surface area (Å²) < 4.78 is 2.15. The van der Waals surface area contributed by atoms with E-state index in [2.05, 4.69) is 23.9 Å². The summed E-state index contributed by atoms with van der Waals surface area (Å²) in [6.45, 7) is 4.25. The number of amides is 1. The van der Waals surface area contributed by atoms with Crippen molar-refractivity contribution < 1.29 is 4.79 Å². The van der Waals surface area contributed by atoms with E-state index in [1.807, 2.05) is 48.5 Å². The van der Waals surface area contributed by atoms with E-state index in [9.17, 15) is 9.59 Å². The Morgan fingerprint density at radius 2 is 1.76 bits per heavy atom. The molecule has 0 aliphatic rings. The molecule has 4 aromatic rings. The van der Waals surface area contributed by atoms with Crippen LogP contribution in [0.5, 0.6) is 0 Å². The molecule has 0 fully saturated rings. The summed E-state index contributed by atoms with van der Waals surface area (Å²) in [6.07, 6.45) is 0. The van der Waals surface area contributed by atoms with Crippen LogP contribution in [0.15, 0.2) is 65.5 Å². The molecule has 0 atom stereocenters. The predicted octanol–water partition coefficient (Wildman–Crippen LogP) is 4.49. The second-order valence-electron chi connectivity index (χ2n) is 7.03. The van der Waals surface area contributed by atoms with Crippen LogP contribution in [-0.2, 0) is 7.05 Å². The Balaban J connectivity index is 1.84. The van der Waals surface area contributed by atoms with Crippen LogP contribution >= 0.6 is 11.3 Å². The van der Waals surface area contributed by atoms with E-state index in [-0.39, 0.29) is 17.2 Å². The second-order valence-corrected chi connectivity index (χ2v) is 8.04. The maximum atomic E-state index is 13.4. The number of rotatable bonds is 4. The molecule has 146 valence electrons. The number of fused-ring (bicyclic) bond motifs is 1. The van der Waals surface area contributed by atoms with Crippen molar-refractivity contribution in [3.05, 3.63) is 82.3 Å². The number of nitrogens with zero attached hydrogens (tertiary/aromatic N) is 4. The largest absolute Gasteiger partial charge is 0.285 e. The third kappa shape index (κ3) is 3.69. The molecule has 0 bridgehead atoms. The average molecular weight is 404 g/mol. The fraction of sp³-hybridized carbons (Fsp3) is 0.182. The Hall–Kier alpha value is -3.32. The first kappa shape index (κ1) is 19.0. The number of aryl methyl sites for hydroxylation is 1. The Kier molecular flexibility index (Phi) is 4.98. The summed E-state index contributed by atoms with van der Waals surface area (Å²) in [4.78, 5) is 31.3. The van der Waals surface area contributed by atoms with Crippen LogP contribution in [0.1, 0.15) is 35.8 Å². The normalized spacial score (nSPS) is 11.2. The van der Waals surface area contributed by atoms with Crippen molar-refractivity contribution in [3.8, 4) is 0 Å². The van der Waals surface area contributed by atoms with Gasteiger partial charge >= 0.3 is 0 Å². The molecule has 0 radical (unpaired) electrons. The SMILES string of the molecule is CC(C)c1ccc(N(C(=O)c2ccc(=O)n(C)n2)c2nc3ccccc3s2)cc1. The first-order valence-electron chi connectivity index (χ1n) is 9.28. The highest BCUT2D eigenvalue weighted by Gasteiger charge is 2.25. The minimum Gasteiger partial charge on any atom is -0.268 e. The fourth-order valence-corrected chi connectivity index (χ4v) is 3.99. The Morgan fingerprint density at radius 1 is 1.03 bits per heavy atom. The van der Waals surface area contributed by atoms with Crippen molar-refractivity contribution in [2.75, 3.05) is 4.90 Å². The number of hydrogen-bond acceptors (Lipinski definition) is 5. The van der Waals surface area contributed by atoms with Crippen molar-refractivity contribution in [2.45, 2.75) is 19.8 Å². The standard InChI is InChI=1S/C22H20N4O2S/c1-14(2)15-8-10-16(11-9-15)26(21(28)18-12-13-20(27)25(3)24-18)22-23-17-6-4-5-7-19(17)29-22/h4-14H,1-3H3. The molecule has 0 saturated heterocycles. The van der Waals surface area contributed by atoms with Crippen LogP contribution in [-0.4, -0.2) is 20.7 Å².